The van der Waals surface area contributed by atoms with E-state index in [4.69, 9.17) is 5.11 Å². The zero-order valence-electron chi connectivity index (χ0n) is 9.28. The summed E-state index contributed by atoms with van der Waals surface area (Å²) in [7, 11) is 0. The van der Waals surface area contributed by atoms with Gasteiger partial charge < -0.3 is 15.5 Å². The molecule has 0 amide bonds. The Labute approximate surface area is 90.7 Å². The molecule has 1 fully saturated rings. The lowest BCUT2D eigenvalue weighted by Crippen LogP contribution is -2.44. The number of hydrogen-bond donors (Lipinski definition) is 3. The first kappa shape index (κ1) is 12.5. The van der Waals surface area contributed by atoms with E-state index in [2.05, 4.69) is 5.32 Å². The summed E-state index contributed by atoms with van der Waals surface area (Å²) in [6, 6.07) is 0.00194. The summed E-state index contributed by atoms with van der Waals surface area (Å²) in [6.45, 7) is 1.85. The molecule has 1 aliphatic carbocycles. The molecule has 0 saturated heterocycles. The van der Waals surface area contributed by atoms with Crippen LogP contribution >= 0.6 is 0 Å². The van der Waals surface area contributed by atoms with E-state index < -0.39 is 5.97 Å². The molecular formula is C11H21NO3. The average Bonchev–Trinajstić information content (AvgIpc) is 2.30. The zero-order chi connectivity index (χ0) is 11.3. The van der Waals surface area contributed by atoms with Crippen LogP contribution in [-0.2, 0) is 4.79 Å². The van der Waals surface area contributed by atoms with Gasteiger partial charge in [-0.2, -0.15) is 0 Å². The smallest absolute Gasteiger partial charge is 0.304 e. The third-order valence-electron chi connectivity index (χ3n) is 2.96. The van der Waals surface area contributed by atoms with E-state index in [1.54, 1.807) is 0 Å². The highest BCUT2D eigenvalue weighted by molar-refractivity contribution is 5.67. The van der Waals surface area contributed by atoms with Gasteiger partial charge in [0.2, 0.25) is 0 Å². The van der Waals surface area contributed by atoms with Crippen LogP contribution in [0.1, 0.15) is 45.4 Å². The van der Waals surface area contributed by atoms with Gasteiger partial charge in [0, 0.05) is 12.1 Å². The number of aliphatic hydroxyl groups excluding tert-OH is 1. The van der Waals surface area contributed by atoms with Gasteiger partial charge in [-0.3, -0.25) is 4.79 Å². The minimum atomic E-state index is -0.793. The summed E-state index contributed by atoms with van der Waals surface area (Å²) in [5, 5.41) is 21.7. The monoisotopic (exact) mass is 215 g/mol. The Morgan fingerprint density at radius 3 is 2.73 bits per heavy atom. The number of carboxylic acid groups (broad SMARTS) is 1. The second-order valence-corrected chi connectivity index (χ2v) is 4.48. The average molecular weight is 215 g/mol. The van der Waals surface area contributed by atoms with Crippen molar-refractivity contribution < 1.29 is 15.0 Å². The molecule has 0 aromatic carbocycles. The highest BCUT2D eigenvalue weighted by Gasteiger charge is 2.23. The minimum absolute atomic E-state index is 0.0692. The van der Waals surface area contributed by atoms with Crippen molar-refractivity contribution in [2.75, 3.05) is 0 Å². The van der Waals surface area contributed by atoms with Gasteiger partial charge in [-0.1, -0.05) is 19.3 Å². The van der Waals surface area contributed by atoms with Crippen molar-refractivity contribution in [1.29, 1.82) is 0 Å². The number of carbonyl (C=O) groups is 1. The van der Waals surface area contributed by atoms with Gasteiger partial charge in [0.05, 0.1) is 12.5 Å². The van der Waals surface area contributed by atoms with Crippen LogP contribution in [0.15, 0.2) is 0 Å². The van der Waals surface area contributed by atoms with Crippen LogP contribution in [0.25, 0.3) is 0 Å². The lowest BCUT2D eigenvalue weighted by molar-refractivity contribution is -0.137. The standard InChI is InChI=1S/C11H21NO3/c1-8(7-11(14)15)12-9-5-3-2-4-6-10(9)13/h8-10,12-13H,2-7H2,1H3,(H,14,15). The molecule has 3 atom stereocenters. The van der Waals surface area contributed by atoms with Crippen molar-refractivity contribution in [2.45, 2.75) is 63.6 Å². The van der Waals surface area contributed by atoms with E-state index in [0.717, 1.165) is 25.7 Å². The van der Waals surface area contributed by atoms with Crippen molar-refractivity contribution in [1.82, 2.24) is 5.32 Å². The minimum Gasteiger partial charge on any atom is -0.481 e. The van der Waals surface area contributed by atoms with Gasteiger partial charge >= 0.3 is 5.97 Å². The van der Waals surface area contributed by atoms with Crippen LogP contribution in [0.2, 0.25) is 0 Å². The number of hydrogen-bond acceptors (Lipinski definition) is 3. The molecule has 0 heterocycles. The highest BCUT2D eigenvalue weighted by atomic mass is 16.4. The number of aliphatic carboxylic acids is 1. The van der Waals surface area contributed by atoms with Crippen molar-refractivity contribution in [3.63, 3.8) is 0 Å². The quantitative estimate of drug-likeness (QED) is 0.615. The topological polar surface area (TPSA) is 69.6 Å². The van der Waals surface area contributed by atoms with Gasteiger partial charge in [-0.25, -0.2) is 0 Å². The normalized spacial score (nSPS) is 29.5. The summed E-state index contributed by atoms with van der Waals surface area (Å²) in [4.78, 5) is 10.5. The summed E-state index contributed by atoms with van der Waals surface area (Å²) < 4.78 is 0. The van der Waals surface area contributed by atoms with Crippen molar-refractivity contribution in [3.05, 3.63) is 0 Å². The molecule has 3 N–H and O–H groups in total. The fourth-order valence-corrected chi connectivity index (χ4v) is 2.17. The summed E-state index contributed by atoms with van der Waals surface area (Å²) in [5.74, 6) is -0.793. The molecule has 1 saturated carbocycles. The maximum absolute atomic E-state index is 10.5. The van der Waals surface area contributed by atoms with Crippen molar-refractivity contribution in [3.8, 4) is 0 Å². The molecule has 0 spiro atoms. The van der Waals surface area contributed by atoms with Crippen molar-refractivity contribution >= 4 is 5.97 Å². The fourth-order valence-electron chi connectivity index (χ4n) is 2.17. The first-order valence-corrected chi connectivity index (χ1v) is 5.75. The molecular weight excluding hydrogens is 194 g/mol. The Balaban J connectivity index is 2.36. The van der Waals surface area contributed by atoms with Gasteiger partial charge in [0.15, 0.2) is 0 Å². The third-order valence-corrected chi connectivity index (χ3v) is 2.96. The van der Waals surface area contributed by atoms with E-state index >= 15 is 0 Å². The van der Waals surface area contributed by atoms with Gasteiger partial charge in [0.25, 0.3) is 0 Å². The molecule has 1 aliphatic rings. The maximum Gasteiger partial charge on any atom is 0.304 e. The Bertz CT molecular complexity index is 208. The Kier molecular flexibility index (Phi) is 5.05. The third kappa shape index (κ3) is 4.62. The van der Waals surface area contributed by atoms with Crippen LogP contribution in [0.4, 0.5) is 0 Å². The molecule has 88 valence electrons. The summed E-state index contributed by atoms with van der Waals surface area (Å²) in [6.07, 6.45) is 4.94. The first-order valence-electron chi connectivity index (χ1n) is 5.75. The molecule has 0 aromatic rings. The predicted octanol–water partition coefficient (Wildman–Crippen LogP) is 1.13. The van der Waals surface area contributed by atoms with E-state index in [1.165, 1.54) is 6.42 Å². The Morgan fingerprint density at radius 2 is 2.07 bits per heavy atom. The molecule has 0 aromatic heterocycles. The second kappa shape index (κ2) is 6.08. The molecule has 4 heteroatoms. The van der Waals surface area contributed by atoms with Gasteiger partial charge in [0.1, 0.15) is 0 Å². The van der Waals surface area contributed by atoms with Crippen LogP contribution < -0.4 is 5.32 Å². The lowest BCUT2D eigenvalue weighted by Gasteiger charge is -2.25. The molecule has 4 nitrogen and oxygen atoms in total. The van der Waals surface area contributed by atoms with Crippen molar-refractivity contribution in [2.24, 2.45) is 0 Å². The van der Waals surface area contributed by atoms with Crippen LogP contribution in [0.3, 0.4) is 0 Å². The molecule has 15 heavy (non-hydrogen) atoms. The summed E-state index contributed by atoms with van der Waals surface area (Å²) >= 11 is 0. The van der Waals surface area contributed by atoms with Gasteiger partial charge in [-0.05, 0) is 19.8 Å². The number of nitrogens with one attached hydrogen (secondary N) is 1. The molecule has 0 bridgehead atoms. The Morgan fingerprint density at radius 1 is 1.40 bits per heavy atom. The van der Waals surface area contributed by atoms with E-state index in [-0.39, 0.29) is 24.6 Å². The molecule has 1 rings (SSSR count). The van der Waals surface area contributed by atoms with Gasteiger partial charge in [-0.15, -0.1) is 0 Å². The van der Waals surface area contributed by atoms with E-state index in [9.17, 15) is 9.90 Å². The number of rotatable bonds is 4. The fraction of sp³-hybridized carbons (Fsp3) is 0.909. The second-order valence-electron chi connectivity index (χ2n) is 4.48. The van der Waals surface area contributed by atoms with E-state index in [0.29, 0.717) is 0 Å². The predicted molar refractivity (Wildman–Crippen MR) is 57.7 cm³/mol. The molecule has 3 unspecified atom stereocenters. The number of aliphatic hydroxyl groups is 1. The molecule has 0 aliphatic heterocycles. The summed E-state index contributed by atoms with van der Waals surface area (Å²) in [5.41, 5.74) is 0. The first-order chi connectivity index (χ1) is 7.09. The lowest BCUT2D eigenvalue weighted by atomic mass is 10.0. The maximum atomic E-state index is 10.5. The van der Waals surface area contributed by atoms with Crippen LogP contribution in [0, 0.1) is 0 Å². The van der Waals surface area contributed by atoms with Crippen LogP contribution in [0.5, 0.6) is 0 Å². The number of carboxylic acids is 1. The largest absolute Gasteiger partial charge is 0.481 e. The highest BCUT2D eigenvalue weighted by Crippen LogP contribution is 2.18. The van der Waals surface area contributed by atoms with E-state index in [1.807, 2.05) is 6.92 Å². The SMILES string of the molecule is CC(CC(=O)O)NC1CCCCCC1O. The Hall–Kier alpha value is -0.610. The molecule has 0 radical (unpaired) electrons. The zero-order valence-corrected chi connectivity index (χ0v) is 9.28. The van der Waals surface area contributed by atoms with Crippen LogP contribution in [-0.4, -0.2) is 34.4 Å².